The standard InChI is InChI=1S/C23H25FN2O2/c1-14(2)13-18-20(23(18,3)4)22(28)26-19-8-6-5-7-17(19)21(27)25-16-11-9-15(24)10-12-16/h5-13,18,20H,1-4H3,(H,25,27)(H,26,28)/t18-,20-/m0/s1. The number of carbonyl (C=O) groups excluding carboxylic acids is 2. The number of amides is 2. The predicted molar refractivity (Wildman–Crippen MR) is 110 cm³/mol. The predicted octanol–water partition coefficient (Wildman–Crippen LogP) is 5.25. The Bertz CT molecular complexity index is 928. The number of nitrogens with one attached hydrogen (secondary N) is 2. The maximum Gasteiger partial charge on any atom is 0.257 e. The summed E-state index contributed by atoms with van der Waals surface area (Å²) in [6.07, 6.45) is 2.14. The number of hydrogen-bond acceptors (Lipinski definition) is 2. The minimum atomic E-state index is -0.372. The molecule has 146 valence electrons. The molecular formula is C23H25FN2O2. The first-order valence-corrected chi connectivity index (χ1v) is 9.32. The first-order valence-electron chi connectivity index (χ1n) is 9.32. The van der Waals surface area contributed by atoms with Crippen molar-refractivity contribution in [2.45, 2.75) is 27.7 Å². The molecule has 1 fully saturated rings. The van der Waals surface area contributed by atoms with E-state index >= 15 is 0 Å². The Morgan fingerprint density at radius 3 is 2.29 bits per heavy atom. The minimum Gasteiger partial charge on any atom is -0.325 e. The van der Waals surface area contributed by atoms with Crippen LogP contribution in [0.4, 0.5) is 15.8 Å². The fraction of sp³-hybridized carbons (Fsp3) is 0.304. The van der Waals surface area contributed by atoms with Crippen molar-refractivity contribution in [3.05, 3.63) is 71.6 Å². The van der Waals surface area contributed by atoms with Crippen molar-refractivity contribution >= 4 is 23.2 Å². The van der Waals surface area contributed by atoms with Gasteiger partial charge in [0, 0.05) is 5.69 Å². The van der Waals surface area contributed by atoms with Gasteiger partial charge in [-0.25, -0.2) is 4.39 Å². The highest BCUT2D eigenvalue weighted by Gasteiger charge is 2.60. The lowest BCUT2D eigenvalue weighted by molar-refractivity contribution is -0.118. The summed E-state index contributed by atoms with van der Waals surface area (Å²) in [5.74, 6) is -0.759. The third-order valence-electron chi connectivity index (χ3n) is 5.24. The Balaban J connectivity index is 1.75. The van der Waals surface area contributed by atoms with Crippen LogP contribution in [0.15, 0.2) is 60.2 Å². The lowest BCUT2D eigenvalue weighted by Gasteiger charge is -2.12. The second-order valence-electron chi connectivity index (χ2n) is 8.06. The lowest BCUT2D eigenvalue weighted by Crippen LogP contribution is -2.20. The molecule has 28 heavy (non-hydrogen) atoms. The summed E-state index contributed by atoms with van der Waals surface area (Å²) in [6.45, 7) is 8.21. The van der Waals surface area contributed by atoms with Crippen molar-refractivity contribution in [3.8, 4) is 0 Å². The molecule has 0 aliphatic heterocycles. The average Bonchev–Trinajstić information content (AvgIpc) is 3.16. The highest BCUT2D eigenvalue weighted by Crippen LogP contribution is 2.59. The van der Waals surface area contributed by atoms with E-state index in [2.05, 4.69) is 30.6 Å². The van der Waals surface area contributed by atoms with Crippen LogP contribution >= 0.6 is 0 Å². The number of halogens is 1. The van der Waals surface area contributed by atoms with Gasteiger partial charge in [0.1, 0.15) is 5.82 Å². The summed E-state index contributed by atoms with van der Waals surface area (Å²) in [4.78, 5) is 25.5. The average molecular weight is 380 g/mol. The lowest BCUT2D eigenvalue weighted by atomic mass is 10.1. The van der Waals surface area contributed by atoms with Crippen LogP contribution in [0.25, 0.3) is 0 Å². The van der Waals surface area contributed by atoms with Crippen molar-refractivity contribution in [1.82, 2.24) is 0 Å². The molecule has 2 aromatic carbocycles. The van der Waals surface area contributed by atoms with Crippen molar-refractivity contribution in [3.63, 3.8) is 0 Å². The van der Waals surface area contributed by atoms with Gasteiger partial charge in [0.05, 0.1) is 17.2 Å². The van der Waals surface area contributed by atoms with Crippen molar-refractivity contribution in [2.24, 2.45) is 17.3 Å². The van der Waals surface area contributed by atoms with Gasteiger partial charge in [-0.15, -0.1) is 0 Å². The van der Waals surface area contributed by atoms with Gasteiger partial charge in [0.25, 0.3) is 5.91 Å². The Labute approximate surface area is 164 Å². The third-order valence-corrected chi connectivity index (χ3v) is 5.24. The van der Waals surface area contributed by atoms with E-state index in [9.17, 15) is 14.0 Å². The third kappa shape index (κ3) is 4.14. The van der Waals surface area contributed by atoms with E-state index in [4.69, 9.17) is 0 Å². The Hall–Kier alpha value is -2.95. The van der Waals surface area contributed by atoms with Crippen molar-refractivity contribution in [1.29, 1.82) is 0 Å². The molecule has 0 bridgehead atoms. The molecule has 2 amide bonds. The zero-order valence-electron chi connectivity index (χ0n) is 16.5. The monoisotopic (exact) mass is 380 g/mol. The molecule has 0 heterocycles. The highest BCUT2D eigenvalue weighted by atomic mass is 19.1. The molecule has 0 saturated heterocycles. The Kier molecular flexibility index (Phi) is 5.36. The molecule has 4 nitrogen and oxygen atoms in total. The SMILES string of the molecule is CC(C)=C[C@H]1[C@@H](C(=O)Nc2ccccc2C(=O)Nc2ccc(F)cc2)C1(C)C. The summed E-state index contributed by atoms with van der Waals surface area (Å²) in [5, 5.41) is 5.65. The van der Waals surface area contributed by atoms with E-state index in [1.165, 1.54) is 29.8 Å². The van der Waals surface area contributed by atoms with E-state index in [0.717, 1.165) is 0 Å². The van der Waals surface area contributed by atoms with Gasteiger partial charge in [0.15, 0.2) is 0 Å². The highest BCUT2D eigenvalue weighted by molar-refractivity contribution is 6.10. The summed E-state index contributed by atoms with van der Waals surface area (Å²) in [6, 6.07) is 12.4. The Morgan fingerprint density at radius 1 is 1.00 bits per heavy atom. The van der Waals surface area contributed by atoms with Crippen LogP contribution in [0.3, 0.4) is 0 Å². The molecule has 1 aliphatic rings. The normalized spacial score (nSPS) is 19.5. The van der Waals surface area contributed by atoms with Gasteiger partial charge in [-0.3, -0.25) is 9.59 Å². The van der Waals surface area contributed by atoms with Crippen LogP contribution in [0.5, 0.6) is 0 Å². The molecule has 0 unspecified atom stereocenters. The zero-order chi connectivity index (χ0) is 20.5. The molecule has 2 atom stereocenters. The first kappa shape index (κ1) is 19.8. The van der Waals surface area contributed by atoms with Crippen LogP contribution in [0.2, 0.25) is 0 Å². The summed E-state index contributed by atoms with van der Waals surface area (Å²) in [5.41, 5.74) is 2.39. The van der Waals surface area contributed by atoms with E-state index in [0.29, 0.717) is 16.9 Å². The number of anilines is 2. The van der Waals surface area contributed by atoms with Crippen LogP contribution in [0.1, 0.15) is 38.1 Å². The van der Waals surface area contributed by atoms with E-state index < -0.39 is 0 Å². The summed E-state index contributed by atoms with van der Waals surface area (Å²) in [7, 11) is 0. The number of carbonyl (C=O) groups is 2. The number of hydrogen-bond donors (Lipinski definition) is 2. The molecular weight excluding hydrogens is 355 g/mol. The van der Waals surface area contributed by atoms with E-state index in [1.807, 2.05) is 13.8 Å². The van der Waals surface area contributed by atoms with Crippen LogP contribution in [-0.4, -0.2) is 11.8 Å². The number of benzene rings is 2. The van der Waals surface area contributed by atoms with Crippen molar-refractivity contribution in [2.75, 3.05) is 10.6 Å². The first-order chi connectivity index (χ1) is 13.2. The Morgan fingerprint density at radius 2 is 1.64 bits per heavy atom. The molecule has 1 aliphatic carbocycles. The van der Waals surface area contributed by atoms with Crippen molar-refractivity contribution < 1.29 is 14.0 Å². The molecule has 3 rings (SSSR count). The molecule has 2 aromatic rings. The fourth-order valence-corrected chi connectivity index (χ4v) is 3.58. The van der Waals surface area contributed by atoms with Gasteiger partial charge in [-0.2, -0.15) is 0 Å². The minimum absolute atomic E-state index is 0.0884. The number of allylic oxidation sites excluding steroid dienone is 2. The molecule has 0 radical (unpaired) electrons. The number of para-hydroxylation sites is 1. The fourth-order valence-electron chi connectivity index (χ4n) is 3.58. The zero-order valence-corrected chi connectivity index (χ0v) is 16.5. The molecule has 0 aromatic heterocycles. The maximum absolute atomic E-state index is 13.0. The second kappa shape index (κ2) is 7.58. The van der Waals surface area contributed by atoms with Crippen LogP contribution in [-0.2, 0) is 4.79 Å². The molecule has 2 N–H and O–H groups in total. The van der Waals surface area contributed by atoms with Crippen LogP contribution < -0.4 is 10.6 Å². The number of rotatable bonds is 5. The van der Waals surface area contributed by atoms with E-state index in [1.54, 1.807) is 24.3 Å². The van der Waals surface area contributed by atoms with Gasteiger partial charge >= 0.3 is 0 Å². The topological polar surface area (TPSA) is 58.2 Å². The van der Waals surface area contributed by atoms with Gasteiger partial charge in [-0.05, 0) is 61.6 Å². The van der Waals surface area contributed by atoms with E-state index in [-0.39, 0.29) is 34.9 Å². The maximum atomic E-state index is 13.0. The molecule has 0 spiro atoms. The smallest absolute Gasteiger partial charge is 0.257 e. The van der Waals surface area contributed by atoms with Gasteiger partial charge < -0.3 is 10.6 Å². The molecule has 1 saturated carbocycles. The van der Waals surface area contributed by atoms with Crippen LogP contribution in [0, 0.1) is 23.1 Å². The summed E-state index contributed by atoms with van der Waals surface area (Å²) < 4.78 is 13.0. The molecule has 5 heteroatoms. The van der Waals surface area contributed by atoms with Gasteiger partial charge in [-0.1, -0.05) is 37.6 Å². The quantitative estimate of drug-likeness (QED) is 0.696. The van der Waals surface area contributed by atoms with Gasteiger partial charge in [0.2, 0.25) is 5.91 Å². The largest absolute Gasteiger partial charge is 0.325 e. The summed E-state index contributed by atoms with van der Waals surface area (Å²) >= 11 is 0. The second-order valence-corrected chi connectivity index (χ2v) is 8.06.